The van der Waals surface area contributed by atoms with Gasteiger partial charge in [-0.05, 0) is 44.5 Å². The van der Waals surface area contributed by atoms with E-state index in [1.54, 1.807) is 0 Å². The molecule has 0 atom stereocenters. The van der Waals surface area contributed by atoms with Crippen molar-refractivity contribution < 1.29 is 5.11 Å². The van der Waals surface area contributed by atoms with E-state index in [0.29, 0.717) is 12.6 Å². The normalized spacial score (nSPS) is 11.1. The SMILES string of the molecule is CCCNCc1ccc(N(CCO)C(C)C)cc1Br. The van der Waals surface area contributed by atoms with Crippen molar-refractivity contribution in [3.05, 3.63) is 28.2 Å². The summed E-state index contributed by atoms with van der Waals surface area (Å²) in [6.07, 6.45) is 1.15. The number of hydrogen-bond acceptors (Lipinski definition) is 3. The van der Waals surface area contributed by atoms with Crippen molar-refractivity contribution >= 4 is 21.6 Å². The molecule has 0 bridgehead atoms. The molecule has 1 aromatic carbocycles. The molecule has 1 rings (SSSR count). The van der Waals surface area contributed by atoms with Gasteiger partial charge in [0.2, 0.25) is 0 Å². The zero-order valence-electron chi connectivity index (χ0n) is 12.1. The molecule has 0 spiro atoms. The smallest absolute Gasteiger partial charge is 0.0606 e. The zero-order chi connectivity index (χ0) is 14.3. The maximum Gasteiger partial charge on any atom is 0.0606 e. The second-order valence-corrected chi connectivity index (χ2v) is 5.82. The van der Waals surface area contributed by atoms with E-state index in [4.69, 9.17) is 5.11 Å². The Balaban J connectivity index is 2.79. The summed E-state index contributed by atoms with van der Waals surface area (Å²) >= 11 is 3.64. The highest BCUT2D eigenvalue weighted by atomic mass is 79.9. The van der Waals surface area contributed by atoms with Gasteiger partial charge in [0.1, 0.15) is 0 Å². The molecule has 2 N–H and O–H groups in total. The molecule has 0 aliphatic rings. The maximum atomic E-state index is 9.15. The largest absolute Gasteiger partial charge is 0.395 e. The number of nitrogens with one attached hydrogen (secondary N) is 1. The lowest BCUT2D eigenvalue weighted by molar-refractivity contribution is 0.299. The van der Waals surface area contributed by atoms with Crippen LogP contribution in [0.3, 0.4) is 0 Å². The lowest BCUT2D eigenvalue weighted by Gasteiger charge is -2.28. The molecular weight excluding hydrogens is 304 g/mol. The number of rotatable bonds is 8. The van der Waals surface area contributed by atoms with E-state index in [9.17, 15) is 0 Å². The van der Waals surface area contributed by atoms with Crippen molar-refractivity contribution in [1.82, 2.24) is 5.32 Å². The van der Waals surface area contributed by atoms with Crippen LogP contribution < -0.4 is 10.2 Å². The zero-order valence-corrected chi connectivity index (χ0v) is 13.7. The lowest BCUT2D eigenvalue weighted by Crippen LogP contribution is -2.33. The molecule has 0 saturated heterocycles. The number of halogens is 1. The van der Waals surface area contributed by atoms with Gasteiger partial charge in [0.25, 0.3) is 0 Å². The molecular formula is C15H25BrN2O. The van der Waals surface area contributed by atoms with Crippen LogP contribution >= 0.6 is 15.9 Å². The number of aliphatic hydroxyl groups excluding tert-OH is 1. The Labute approximate surface area is 125 Å². The highest BCUT2D eigenvalue weighted by Gasteiger charge is 2.11. The first kappa shape index (κ1) is 16.5. The Morgan fingerprint density at radius 1 is 1.37 bits per heavy atom. The molecule has 0 aromatic heterocycles. The summed E-state index contributed by atoms with van der Waals surface area (Å²) in [7, 11) is 0. The van der Waals surface area contributed by atoms with Gasteiger partial charge in [-0.2, -0.15) is 0 Å². The van der Waals surface area contributed by atoms with Crippen molar-refractivity contribution in [2.75, 3.05) is 24.6 Å². The van der Waals surface area contributed by atoms with E-state index in [1.165, 1.54) is 5.56 Å². The molecule has 3 nitrogen and oxygen atoms in total. The van der Waals surface area contributed by atoms with Gasteiger partial charge in [0.05, 0.1) is 6.61 Å². The summed E-state index contributed by atoms with van der Waals surface area (Å²) < 4.78 is 1.12. The molecule has 0 fully saturated rings. The molecule has 4 heteroatoms. The second-order valence-electron chi connectivity index (χ2n) is 4.96. The minimum atomic E-state index is 0.176. The van der Waals surface area contributed by atoms with Crippen LogP contribution in [0.2, 0.25) is 0 Å². The van der Waals surface area contributed by atoms with E-state index in [1.807, 2.05) is 0 Å². The van der Waals surface area contributed by atoms with Crippen LogP contribution in [0.5, 0.6) is 0 Å². The molecule has 0 aliphatic heterocycles. The fraction of sp³-hybridized carbons (Fsp3) is 0.600. The molecule has 19 heavy (non-hydrogen) atoms. The van der Waals surface area contributed by atoms with Crippen LogP contribution in [-0.4, -0.2) is 30.8 Å². The molecule has 0 heterocycles. The maximum absolute atomic E-state index is 9.15. The van der Waals surface area contributed by atoms with Crippen molar-refractivity contribution in [1.29, 1.82) is 0 Å². The molecule has 0 aliphatic carbocycles. The van der Waals surface area contributed by atoms with Crippen LogP contribution in [0.15, 0.2) is 22.7 Å². The van der Waals surface area contributed by atoms with Gasteiger partial charge in [-0.25, -0.2) is 0 Å². The number of benzene rings is 1. The van der Waals surface area contributed by atoms with Crippen molar-refractivity contribution in [2.45, 2.75) is 39.8 Å². The van der Waals surface area contributed by atoms with Gasteiger partial charge >= 0.3 is 0 Å². The number of nitrogens with zero attached hydrogens (tertiary/aromatic N) is 1. The monoisotopic (exact) mass is 328 g/mol. The molecule has 1 aromatic rings. The van der Waals surface area contributed by atoms with Gasteiger partial charge in [-0.15, -0.1) is 0 Å². The Hall–Kier alpha value is -0.580. The van der Waals surface area contributed by atoms with Crippen LogP contribution in [0.1, 0.15) is 32.8 Å². The van der Waals surface area contributed by atoms with E-state index in [-0.39, 0.29) is 6.61 Å². The first-order valence-corrected chi connectivity index (χ1v) is 7.76. The molecule has 0 amide bonds. The Kier molecular flexibility index (Phi) is 7.42. The standard InChI is InChI=1S/C15H25BrN2O/c1-4-7-17-11-13-5-6-14(10-15(13)16)18(8-9-19)12(2)3/h5-6,10,12,17,19H,4,7-9,11H2,1-3H3. The fourth-order valence-electron chi connectivity index (χ4n) is 2.05. The van der Waals surface area contributed by atoms with E-state index in [2.05, 4.69) is 65.1 Å². The van der Waals surface area contributed by atoms with Gasteiger partial charge in [-0.1, -0.05) is 28.9 Å². The minimum Gasteiger partial charge on any atom is -0.395 e. The Morgan fingerprint density at radius 2 is 2.11 bits per heavy atom. The van der Waals surface area contributed by atoms with Crippen LogP contribution in [0.25, 0.3) is 0 Å². The third kappa shape index (κ3) is 5.13. The predicted octanol–water partition coefficient (Wildman–Crippen LogP) is 3.16. The summed E-state index contributed by atoms with van der Waals surface area (Å²) in [5.74, 6) is 0. The van der Waals surface area contributed by atoms with E-state index >= 15 is 0 Å². The summed E-state index contributed by atoms with van der Waals surface area (Å²) in [6.45, 7) is 9.21. The topological polar surface area (TPSA) is 35.5 Å². The van der Waals surface area contributed by atoms with Gasteiger partial charge in [0.15, 0.2) is 0 Å². The molecule has 108 valence electrons. The second kappa shape index (κ2) is 8.56. The Morgan fingerprint density at radius 3 is 2.63 bits per heavy atom. The van der Waals surface area contributed by atoms with Crippen molar-refractivity contribution in [3.8, 4) is 0 Å². The van der Waals surface area contributed by atoms with Gasteiger partial charge in [-0.3, -0.25) is 0 Å². The third-order valence-corrected chi connectivity index (χ3v) is 3.81. The first-order valence-electron chi connectivity index (χ1n) is 6.96. The highest BCUT2D eigenvalue weighted by molar-refractivity contribution is 9.10. The summed E-state index contributed by atoms with van der Waals surface area (Å²) in [6, 6.07) is 6.79. The van der Waals surface area contributed by atoms with Crippen LogP contribution in [-0.2, 0) is 6.54 Å². The summed E-state index contributed by atoms with van der Waals surface area (Å²) in [5.41, 5.74) is 2.42. The predicted molar refractivity (Wildman–Crippen MR) is 85.7 cm³/mol. The summed E-state index contributed by atoms with van der Waals surface area (Å²) in [5, 5.41) is 12.6. The molecule has 0 saturated carbocycles. The summed E-state index contributed by atoms with van der Waals surface area (Å²) in [4.78, 5) is 2.20. The quantitative estimate of drug-likeness (QED) is 0.719. The minimum absolute atomic E-state index is 0.176. The van der Waals surface area contributed by atoms with E-state index < -0.39 is 0 Å². The number of hydrogen-bond donors (Lipinski definition) is 2. The fourth-order valence-corrected chi connectivity index (χ4v) is 2.56. The van der Waals surface area contributed by atoms with Gasteiger partial charge < -0.3 is 15.3 Å². The molecule has 0 radical (unpaired) electrons. The van der Waals surface area contributed by atoms with Gasteiger partial charge in [0, 0.05) is 29.3 Å². The first-order chi connectivity index (χ1) is 9.10. The van der Waals surface area contributed by atoms with Crippen molar-refractivity contribution in [3.63, 3.8) is 0 Å². The van der Waals surface area contributed by atoms with Crippen LogP contribution in [0, 0.1) is 0 Å². The molecule has 0 unspecified atom stereocenters. The van der Waals surface area contributed by atoms with Crippen molar-refractivity contribution in [2.24, 2.45) is 0 Å². The number of aliphatic hydroxyl groups is 1. The van der Waals surface area contributed by atoms with Crippen LogP contribution in [0.4, 0.5) is 5.69 Å². The lowest BCUT2D eigenvalue weighted by atomic mass is 10.1. The average Bonchev–Trinajstić information content (AvgIpc) is 2.37. The Bertz CT molecular complexity index is 382. The number of anilines is 1. The highest BCUT2D eigenvalue weighted by Crippen LogP contribution is 2.25. The average molecular weight is 329 g/mol. The third-order valence-electron chi connectivity index (χ3n) is 3.07. The van der Waals surface area contributed by atoms with E-state index in [0.717, 1.165) is 29.7 Å².